The van der Waals surface area contributed by atoms with Crippen LogP contribution in [0.15, 0.2) is 0 Å². The Bertz CT molecular complexity index is 185. The molecule has 98 valence electrons. The van der Waals surface area contributed by atoms with Gasteiger partial charge in [0.15, 0.2) is 0 Å². The van der Waals surface area contributed by atoms with Gasteiger partial charge in [-0.2, -0.15) is 0 Å². The van der Waals surface area contributed by atoms with E-state index in [0.29, 0.717) is 16.9 Å². The molecule has 16 heavy (non-hydrogen) atoms. The molecule has 1 atom stereocenters. The van der Waals surface area contributed by atoms with E-state index in [-0.39, 0.29) is 0 Å². The van der Waals surface area contributed by atoms with Gasteiger partial charge in [0.2, 0.25) is 0 Å². The van der Waals surface area contributed by atoms with Crippen LogP contribution < -0.4 is 10.6 Å². The highest BCUT2D eigenvalue weighted by Crippen LogP contribution is 2.31. The molecule has 2 N–H and O–H groups in total. The second-order valence-electron chi connectivity index (χ2n) is 6.61. The smallest absolute Gasteiger partial charge is 0.00747 e. The predicted molar refractivity (Wildman–Crippen MR) is 73.9 cm³/mol. The van der Waals surface area contributed by atoms with Crippen molar-refractivity contribution in [3.05, 3.63) is 0 Å². The summed E-state index contributed by atoms with van der Waals surface area (Å²) in [6.45, 7) is 12.8. The fourth-order valence-corrected chi connectivity index (χ4v) is 2.31. The van der Waals surface area contributed by atoms with Crippen molar-refractivity contribution < 1.29 is 0 Å². The van der Waals surface area contributed by atoms with Crippen LogP contribution in [0.25, 0.3) is 0 Å². The van der Waals surface area contributed by atoms with E-state index in [1.165, 1.54) is 19.3 Å². The van der Waals surface area contributed by atoms with E-state index in [1.54, 1.807) is 0 Å². The summed E-state index contributed by atoms with van der Waals surface area (Å²) in [7, 11) is 4.12. The summed E-state index contributed by atoms with van der Waals surface area (Å²) in [4.78, 5) is 0. The molecule has 0 spiro atoms. The Morgan fingerprint density at radius 3 is 1.81 bits per heavy atom. The van der Waals surface area contributed by atoms with E-state index in [4.69, 9.17) is 0 Å². The molecule has 0 bridgehead atoms. The average Bonchev–Trinajstić information content (AvgIpc) is 2.16. The Labute approximate surface area is 103 Å². The highest BCUT2D eigenvalue weighted by atomic mass is 14.9. The van der Waals surface area contributed by atoms with Crippen LogP contribution in [-0.2, 0) is 0 Å². The molecule has 0 fully saturated rings. The number of nitrogens with one attached hydrogen (secondary N) is 2. The fraction of sp³-hybridized carbons (Fsp3) is 1.00. The van der Waals surface area contributed by atoms with Crippen LogP contribution in [0.2, 0.25) is 0 Å². The van der Waals surface area contributed by atoms with Crippen molar-refractivity contribution in [1.29, 1.82) is 0 Å². The molecule has 0 saturated carbocycles. The molecule has 0 aromatic rings. The third-order valence-corrected chi connectivity index (χ3v) is 3.62. The van der Waals surface area contributed by atoms with E-state index < -0.39 is 0 Å². The molecule has 0 amide bonds. The second kappa shape index (κ2) is 6.61. The summed E-state index contributed by atoms with van der Waals surface area (Å²) < 4.78 is 0. The fourth-order valence-electron chi connectivity index (χ4n) is 2.31. The molecule has 0 heterocycles. The molecule has 2 nitrogen and oxygen atoms in total. The third kappa shape index (κ3) is 6.49. The number of hydrogen-bond acceptors (Lipinski definition) is 2. The molecule has 1 unspecified atom stereocenters. The van der Waals surface area contributed by atoms with E-state index in [0.717, 1.165) is 6.54 Å². The van der Waals surface area contributed by atoms with Gasteiger partial charge in [-0.15, -0.1) is 0 Å². The van der Waals surface area contributed by atoms with Gasteiger partial charge in [0.1, 0.15) is 0 Å². The van der Waals surface area contributed by atoms with Gasteiger partial charge in [-0.05, 0) is 37.8 Å². The Morgan fingerprint density at radius 1 is 0.938 bits per heavy atom. The highest BCUT2D eigenvalue weighted by molar-refractivity contribution is 4.82. The number of rotatable bonds is 8. The third-order valence-electron chi connectivity index (χ3n) is 3.62. The minimum Gasteiger partial charge on any atom is -0.319 e. The van der Waals surface area contributed by atoms with Crippen molar-refractivity contribution in [2.24, 2.45) is 10.8 Å². The molecule has 0 aliphatic carbocycles. The van der Waals surface area contributed by atoms with Crippen molar-refractivity contribution in [1.82, 2.24) is 10.6 Å². The average molecular weight is 228 g/mol. The minimum absolute atomic E-state index is 0.367. The molecule has 0 rings (SSSR count). The monoisotopic (exact) mass is 228 g/mol. The summed E-state index contributed by atoms with van der Waals surface area (Å²) in [5.74, 6) is 0. The lowest BCUT2D eigenvalue weighted by atomic mass is 9.77. The molecule has 0 aromatic heterocycles. The van der Waals surface area contributed by atoms with Gasteiger partial charge in [0.05, 0.1) is 0 Å². The van der Waals surface area contributed by atoms with Crippen molar-refractivity contribution >= 4 is 0 Å². The Morgan fingerprint density at radius 2 is 1.44 bits per heavy atom. The molecule has 0 radical (unpaired) electrons. The summed E-state index contributed by atoms with van der Waals surface area (Å²) in [6, 6.07) is 0.623. The maximum atomic E-state index is 3.48. The predicted octanol–water partition coefficient (Wildman–Crippen LogP) is 3.04. The zero-order chi connectivity index (χ0) is 12.8. The van der Waals surface area contributed by atoms with E-state index >= 15 is 0 Å². The van der Waals surface area contributed by atoms with Crippen LogP contribution in [0, 0.1) is 10.8 Å². The first kappa shape index (κ1) is 15.9. The first-order valence-corrected chi connectivity index (χ1v) is 6.58. The largest absolute Gasteiger partial charge is 0.319 e. The van der Waals surface area contributed by atoms with Crippen molar-refractivity contribution in [3.8, 4) is 0 Å². The first-order valence-electron chi connectivity index (χ1n) is 6.58. The Hall–Kier alpha value is -0.0800. The van der Waals surface area contributed by atoms with Gasteiger partial charge in [-0.1, -0.05) is 41.0 Å². The lowest BCUT2D eigenvalue weighted by Gasteiger charge is -2.34. The maximum absolute atomic E-state index is 3.48. The summed E-state index contributed by atoms with van der Waals surface area (Å²) in [5, 5.41) is 6.77. The second-order valence-corrected chi connectivity index (χ2v) is 6.61. The lowest BCUT2D eigenvalue weighted by Crippen LogP contribution is -2.38. The van der Waals surface area contributed by atoms with Crippen LogP contribution in [0.1, 0.15) is 53.9 Å². The van der Waals surface area contributed by atoms with Gasteiger partial charge >= 0.3 is 0 Å². The SMILES string of the molecule is CCC(C)(C)CC(CC(C)(C)CNC)NC. The standard InChI is InChI=1S/C14H32N2/c1-8-13(2,3)9-12(16-7)10-14(4,5)11-15-6/h12,15-16H,8-11H2,1-7H3. The van der Waals surface area contributed by atoms with Gasteiger partial charge in [0.25, 0.3) is 0 Å². The van der Waals surface area contributed by atoms with Crippen molar-refractivity contribution in [3.63, 3.8) is 0 Å². The topological polar surface area (TPSA) is 24.1 Å². The summed E-state index contributed by atoms with van der Waals surface area (Å²) in [6.07, 6.45) is 3.73. The van der Waals surface area contributed by atoms with Crippen LogP contribution in [0.4, 0.5) is 0 Å². The van der Waals surface area contributed by atoms with E-state index in [1.807, 2.05) is 7.05 Å². The van der Waals surface area contributed by atoms with Gasteiger partial charge in [-0.3, -0.25) is 0 Å². The van der Waals surface area contributed by atoms with E-state index in [2.05, 4.69) is 52.3 Å². The van der Waals surface area contributed by atoms with Crippen LogP contribution in [0.3, 0.4) is 0 Å². The number of hydrogen-bond donors (Lipinski definition) is 2. The van der Waals surface area contributed by atoms with Crippen LogP contribution >= 0.6 is 0 Å². The Kier molecular flexibility index (Phi) is 6.57. The molecule has 0 saturated heterocycles. The van der Waals surface area contributed by atoms with Crippen molar-refractivity contribution in [2.75, 3.05) is 20.6 Å². The van der Waals surface area contributed by atoms with Gasteiger partial charge in [-0.25, -0.2) is 0 Å². The summed E-state index contributed by atoms with van der Waals surface area (Å²) >= 11 is 0. The minimum atomic E-state index is 0.367. The normalized spacial score (nSPS) is 15.2. The van der Waals surface area contributed by atoms with Gasteiger partial charge in [0, 0.05) is 12.6 Å². The first-order chi connectivity index (χ1) is 7.26. The lowest BCUT2D eigenvalue weighted by molar-refractivity contribution is 0.214. The van der Waals surface area contributed by atoms with Crippen LogP contribution in [-0.4, -0.2) is 26.7 Å². The molecule has 0 aliphatic heterocycles. The highest BCUT2D eigenvalue weighted by Gasteiger charge is 2.26. The zero-order valence-corrected chi connectivity index (χ0v) is 12.4. The van der Waals surface area contributed by atoms with Crippen molar-refractivity contribution in [2.45, 2.75) is 59.9 Å². The summed E-state index contributed by atoms with van der Waals surface area (Å²) in [5.41, 5.74) is 0.815. The molecular weight excluding hydrogens is 196 g/mol. The molecule has 2 heteroatoms. The molecular formula is C14H32N2. The molecule has 0 aliphatic rings. The molecule has 0 aromatic carbocycles. The van der Waals surface area contributed by atoms with Gasteiger partial charge < -0.3 is 10.6 Å². The zero-order valence-electron chi connectivity index (χ0n) is 12.4. The van der Waals surface area contributed by atoms with Crippen LogP contribution in [0.5, 0.6) is 0 Å². The maximum Gasteiger partial charge on any atom is 0.00747 e. The quantitative estimate of drug-likeness (QED) is 0.667. The Balaban J connectivity index is 4.30. The van der Waals surface area contributed by atoms with E-state index in [9.17, 15) is 0 Å².